The predicted molar refractivity (Wildman–Crippen MR) is 128 cm³/mol. The van der Waals surface area contributed by atoms with E-state index in [0.717, 1.165) is 56.8 Å². The number of hydrogen-bond acceptors (Lipinski definition) is 4. The SMILES string of the molecule is CCNC(=NCCCCCCC(=O)OC)N1CC(C)OC(c2ccc(F)cc2)C1.I. The molecule has 1 aromatic carbocycles. The molecule has 0 bridgehead atoms. The van der Waals surface area contributed by atoms with Crippen LogP contribution in [0.2, 0.25) is 0 Å². The Kier molecular flexibility index (Phi) is 12.9. The Balaban J connectivity index is 0.00000450. The summed E-state index contributed by atoms with van der Waals surface area (Å²) in [4.78, 5) is 18.1. The van der Waals surface area contributed by atoms with Gasteiger partial charge in [0.2, 0.25) is 0 Å². The van der Waals surface area contributed by atoms with E-state index in [9.17, 15) is 9.18 Å². The second-order valence-electron chi connectivity index (χ2n) is 7.37. The monoisotopic (exact) mass is 535 g/mol. The Morgan fingerprint density at radius 3 is 2.60 bits per heavy atom. The molecule has 1 aliphatic rings. The molecule has 30 heavy (non-hydrogen) atoms. The van der Waals surface area contributed by atoms with E-state index in [1.807, 2.05) is 6.92 Å². The van der Waals surface area contributed by atoms with Crippen LogP contribution in [0, 0.1) is 5.82 Å². The molecule has 2 atom stereocenters. The normalized spacial score (nSPS) is 19.2. The zero-order valence-corrected chi connectivity index (χ0v) is 20.6. The Labute approximate surface area is 196 Å². The Morgan fingerprint density at radius 2 is 1.93 bits per heavy atom. The third-order valence-corrected chi connectivity index (χ3v) is 4.91. The molecule has 2 unspecified atom stereocenters. The lowest BCUT2D eigenvalue weighted by Gasteiger charge is -2.38. The highest BCUT2D eigenvalue weighted by atomic mass is 127. The number of unbranched alkanes of at least 4 members (excludes halogenated alkanes) is 3. The van der Waals surface area contributed by atoms with Gasteiger partial charge >= 0.3 is 5.97 Å². The first-order valence-corrected chi connectivity index (χ1v) is 10.5. The number of morpholine rings is 1. The summed E-state index contributed by atoms with van der Waals surface area (Å²) < 4.78 is 24.0. The molecule has 170 valence electrons. The molecule has 0 amide bonds. The number of esters is 1. The summed E-state index contributed by atoms with van der Waals surface area (Å²) in [6.45, 7) is 7.10. The highest BCUT2D eigenvalue weighted by Gasteiger charge is 2.28. The van der Waals surface area contributed by atoms with E-state index in [0.29, 0.717) is 13.0 Å². The first kappa shape index (κ1) is 26.6. The average Bonchev–Trinajstić information content (AvgIpc) is 2.72. The molecular weight excluding hydrogens is 500 g/mol. The Hall–Kier alpha value is -1.42. The van der Waals surface area contributed by atoms with Crippen LogP contribution in [0.1, 0.15) is 57.6 Å². The van der Waals surface area contributed by atoms with Crippen LogP contribution < -0.4 is 5.32 Å². The zero-order chi connectivity index (χ0) is 21.1. The molecule has 1 saturated heterocycles. The number of hydrogen-bond donors (Lipinski definition) is 1. The number of carbonyl (C=O) groups is 1. The van der Waals surface area contributed by atoms with Crippen molar-refractivity contribution in [2.24, 2.45) is 4.99 Å². The van der Waals surface area contributed by atoms with Gasteiger partial charge in [-0.1, -0.05) is 25.0 Å². The maximum Gasteiger partial charge on any atom is 0.305 e. The van der Waals surface area contributed by atoms with Gasteiger partial charge in [0.1, 0.15) is 11.9 Å². The fourth-order valence-electron chi connectivity index (χ4n) is 3.43. The van der Waals surface area contributed by atoms with Crippen molar-refractivity contribution in [3.8, 4) is 0 Å². The maximum atomic E-state index is 13.2. The van der Waals surface area contributed by atoms with Gasteiger partial charge in [-0.2, -0.15) is 0 Å². The molecule has 1 aromatic rings. The third kappa shape index (κ3) is 9.16. The number of guanidine groups is 1. The first-order valence-electron chi connectivity index (χ1n) is 10.5. The minimum Gasteiger partial charge on any atom is -0.469 e. The molecule has 0 aromatic heterocycles. The van der Waals surface area contributed by atoms with Crippen LogP contribution in [0.4, 0.5) is 4.39 Å². The van der Waals surface area contributed by atoms with Crippen LogP contribution >= 0.6 is 24.0 Å². The lowest BCUT2D eigenvalue weighted by Crippen LogP contribution is -2.50. The van der Waals surface area contributed by atoms with Crippen LogP contribution in [-0.2, 0) is 14.3 Å². The molecule has 0 saturated carbocycles. The minimum atomic E-state index is -0.240. The molecule has 1 aliphatic heterocycles. The fourth-order valence-corrected chi connectivity index (χ4v) is 3.43. The Morgan fingerprint density at radius 1 is 1.23 bits per heavy atom. The number of ether oxygens (including phenoxy) is 2. The van der Waals surface area contributed by atoms with Gasteiger partial charge in [-0.25, -0.2) is 4.39 Å². The van der Waals surface area contributed by atoms with Gasteiger partial charge in [-0.15, -0.1) is 24.0 Å². The molecule has 1 heterocycles. The highest BCUT2D eigenvalue weighted by molar-refractivity contribution is 14.0. The Bertz CT molecular complexity index is 658. The van der Waals surface area contributed by atoms with E-state index >= 15 is 0 Å². The predicted octanol–water partition coefficient (Wildman–Crippen LogP) is 4.29. The molecule has 0 radical (unpaired) electrons. The van der Waals surface area contributed by atoms with Gasteiger partial charge in [0.05, 0.1) is 19.8 Å². The molecular formula is C22H35FIN3O3. The van der Waals surface area contributed by atoms with Crippen LogP contribution in [-0.4, -0.2) is 56.2 Å². The standard InChI is InChI=1S/C22H34FN3O3.HI/c1-4-24-22(25-14-8-6-5-7-9-21(27)28-3)26-15-17(2)29-20(16-26)18-10-12-19(23)13-11-18;/h10-13,17,20H,4-9,14-16H2,1-3H3,(H,24,25);1H. The largest absolute Gasteiger partial charge is 0.469 e. The smallest absolute Gasteiger partial charge is 0.305 e. The number of nitrogens with zero attached hydrogens (tertiary/aromatic N) is 2. The number of rotatable bonds is 9. The molecule has 1 N–H and O–H groups in total. The number of aliphatic imine (C=N–C) groups is 1. The van der Waals surface area contributed by atoms with Crippen molar-refractivity contribution < 1.29 is 18.7 Å². The van der Waals surface area contributed by atoms with Crippen molar-refractivity contribution in [2.45, 2.75) is 58.2 Å². The number of methoxy groups -OCH3 is 1. The van der Waals surface area contributed by atoms with Gasteiger partial charge in [-0.3, -0.25) is 9.79 Å². The molecule has 6 nitrogen and oxygen atoms in total. The maximum absolute atomic E-state index is 13.2. The lowest BCUT2D eigenvalue weighted by atomic mass is 10.1. The summed E-state index contributed by atoms with van der Waals surface area (Å²) in [6.07, 6.45) is 4.31. The van der Waals surface area contributed by atoms with Crippen LogP contribution in [0.25, 0.3) is 0 Å². The molecule has 0 aliphatic carbocycles. The molecule has 8 heteroatoms. The average molecular weight is 535 g/mol. The van der Waals surface area contributed by atoms with E-state index in [2.05, 4.69) is 21.9 Å². The number of benzene rings is 1. The van der Waals surface area contributed by atoms with Crippen LogP contribution in [0.3, 0.4) is 0 Å². The minimum absolute atomic E-state index is 0. The van der Waals surface area contributed by atoms with Gasteiger partial charge in [0, 0.05) is 26.1 Å². The number of carbonyl (C=O) groups excluding carboxylic acids is 1. The van der Waals surface area contributed by atoms with Gasteiger partial charge in [0.15, 0.2) is 5.96 Å². The second-order valence-corrected chi connectivity index (χ2v) is 7.37. The van der Waals surface area contributed by atoms with Gasteiger partial charge < -0.3 is 19.7 Å². The van der Waals surface area contributed by atoms with Gasteiger partial charge in [0.25, 0.3) is 0 Å². The third-order valence-electron chi connectivity index (χ3n) is 4.91. The lowest BCUT2D eigenvalue weighted by molar-refractivity contribution is -0.140. The number of halogens is 2. The molecule has 0 spiro atoms. The van der Waals surface area contributed by atoms with E-state index in [-0.39, 0.29) is 48.0 Å². The van der Waals surface area contributed by atoms with Crippen molar-refractivity contribution >= 4 is 35.9 Å². The van der Waals surface area contributed by atoms with Crippen molar-refractivity contribution in [1.29, 1.82) is 0 Å². The second kappa shape index (κ2) is 14.6. The topological polar surface area (TPSA) is 63.2 Å². The van der Waals surface area contributed by atoms with E-state index in [4.69, 9.17) is 9.73 Å². The summed E-state index contributed by atoms with van der Waals surface area (Å²) >= 11 is 0. The fraction of sp³-hybridized carbons (Fsp3) is 0.636. The first-order chi connectivity index (χ1) is 14.0. The quantitative estimate of drug-likeness (QED) is 0.168. The summed E-state index contributed by atoms with van der Waals surface area (Å²) in [7, 11) is 1.42. The van der Waals surface area contributed by atoms with Crippen LogP contribution in [0.5, 0.6) is 0 Å². The van der Waals surface area contributed by atoms with Crippen molar-refractivity contribution in [2.75, 3.05) is 33.3 Å². The van der Waals surface area contributed by atoms with Crippen molar-refractivity contribution in [3.05, 3.63) is 35.6 Å². The molecule has 2 rings (SSSR count). The van der Waals surface area contributed by atoms with E-state index in [1.54, 1.807) is 12.1 Å². The van der Waals surface area contributed by atoms with Crippen molar-refractivity contribution in [1.82, 2.24) is 10.2 Å². The van der Waals surface area contributed by atoms with E-state index in [1.165, 1.54) is 19.2 Å². The zero-order valence-electron chi connectivity index (χ0n) is 18.2. The van der Waals surface area contributed by atoms with Crippen molar-refractivity contribution in [3.63, 3.8) is 0 Å². The number of nitrogens with one attached hydrogen (secondary N) is 1. The summed E-state index contributed by atoms with van der Waals surface area (Å²) in [5, 5.41) is 3.38. The van der Waals surface area contributed by atoms with Gasteiger partial charge in [-0.05, 0) is 44.4 Å². The molecule has 1 fully saturated rings. The summed E-state index contributed by atoms with van der Waals surface area (Å²) in [5.41, 5.74) is 0.976. The van der Waals surface area contributed by atoms with Crippen LogP contribution in [0.15, 0.2) is 29.3 Å². The van der Waals surface area contributed by atoms with E-state index < -0.39 is 0 Å². The summed E-state index contributed by atoms with van der Waals surface area (Å²) in [6, 6.07) is 6.52. The summed E-state index contributed by atoms with van der Waals surface area (Å²) in [5.74, 6) is 0.509. The highest BCUT2D eigenvalue weighted by Crippen LogP contribution is 2.25.